The Balaban J connectivity index is 2.93. The van der Waals surface area contributed by atoms with Gasteiger partial charge >= 0.3 is 12.4 Å². The first kappa shape index (κ1) is 14.2. The van der Waals surface area contributed by atoms with Crippen molar-refractivity contribution in [3.05, 3.63) is 29.5 Å². The minimum Gasteiger partial charge on any atom is -0.397 e. The standard InChI is InChI=1S/C11H7F6N3/c12-10(13,14)5-3-7(11(15,16)17)20-9-4(5)1-2-6(18)8(9)19/h1-3H,18-19H2. The summed E-state index contributed by atoms with van der Waals surface area (Å²) in [5, 5.41) is -0.530. The van der Waals surface area contributed by atoms with Gasteiger partial charge in [-0.25, -0.2) is 4.98 Å². The number of nitrogens with zero attached hydrogens (tertiary/aromatic N) is 1. The smallest absolute Gasteiger partial charge is 0.397 e. The average Bonchev–Trinajstić information content (AvgIpc) is 2.30. The molecule has 3 nitrogen and oxygen atoms in total. The lowest BCUT2D eigenvalue weighted by molar-refractivity contribution is -0.144. The van der Waals surface area contributed by atoms with Gasteiger partial charge in [0.2, 0.25) is 0 Å². The fourth-order valence-corrected chi connectivity index (χ4v) is 1.71. The van der Waals surface area contributed by atoms with Gasteiger partial charge in [-0.05, 0) is 18.2 Å². The van der Waals surface area contributed by atoms with E-state index in [1.807, 2.05) is 0 Å². The SMILES string of the molecule is Nc1ccc2c(C(F)(F)F)cc(C(F)(F)F)nc2c1N. The monoisotopic (exact) mass is 295 g/mol. The van der Waals surface area contributed by atoms with Crippen LogP contribution in [0.1, 0.15) is 11.3 Å². The van der Waals surface area contributed by atoms with Gasteiger partial charge in [-0.1, -0.05) is 0 Å². The largest absolute Gasteiger partial charge is 0.433 e. The predicted molar refractivity (Wildman–Crippen MR) is 60.6 cm³/mol. The first-order valence-electron chi connectivity index (χ1n) is 5.15. The zero-order valence-electron chi connectivity index (χ0n) is 9.60. The van der Waals surface area contributed by atoms with Gasteiger partial charge in [0, 0.05) is 5.39 Å². The number of hydrogen-bond acceptors (Lipinski definition) is 3. The first-order chi connectivity index (χ1) is 9.01. The molecule has 1 aromatic heterocycles. The van der Waals surface area contributed by atoms with Crippen LogP contribution in [0.2, 0.25) is 0 Å². The highest BCUT2D eigenvalue weighted by Gasteiger charge is 2.39. The summed E-state index contributed by atoms with van der Waals surface area (Å²) >= 11 is 0. The fourth-order valence-electron chi connectivity index (χ4n) is 1.71. The molecule has 0 aliphatic carbocycles. The second-order valence-corrected chi connectivity index (χ2v) is 4.02. The van der Waals surface area contributed by atoms with Crippen molar-refractivity contribution in [1.29, 1.82) is 0 Å². The van der Waals surface area contributed by atoms with Crippen molar-refractivity contribution in [1.82, 2.24) is 4.98 Å². The Kier molecular flexibility index (Phi) is 2.95. The van der Waals surface area contributed by atoms with Crippen LogP contribution in [0.15, 0.2) is 18.2 Å². The van der Waals surface area contributed by atoms with Gasteiger partial charge in [-0.2, -0.15) is 26.3 Å². The van der Waals surface area contributed by atoms with Crippen LogP contribution in [0.5, 0.6) is 0 Å². The van der Waals surface area contributed by atoms with Crippen molar-refractivity contribution in [2.75, 3.05) is 11.5 Å². The van der Waals surface area contributed by atoms with Gasteiger partial charge in [0.15, 0.2) is 0 Å². The molecule has 9 heteroatoms. The molecule has 0 fully saturated rings. The fraction of sp³-hybridized carbons (Fsp3) is 0.182. The van der Waals surface area contributed by atoms with Crippen molar-refractivity contribution in [3.8, 4) is 0 Å². The summed E-state index contributed by atoms with van der Waals surface area (Å²) in [6.45, 7) is 0. The van der Waals surface area contributed by atoms with Crippen LogP contribution in [-0.2, 0) is 12.4 Å². The zero-order chi connectivity index (χ0) is 15.3. The lowest BCUT2D eigenvalue weighted by atomic mass is 10.0. The van der Waals surface area contributed by atoms with Crippen LogP contribution in [0.3, 0.4) is 0 Å². The molecular formula is C11H7F6N3. The maximum absolute atomic E-state index is 12.9. The van der Waals surface area contributed by atoms with E-state index in [9.17, 15) is 26.3 Å². The van der Waals surface area contributed by atoms with E-state index in [0.29, 0.717) is 0 Å². The summed E-state index contributed by atoms with van der Waals surface area (Å²) in [4.78, 5) is 3.15. The van der Waals surface area contributed by atoms with E-state index in [1.165, 1.54) is 0 Å². The molecule has 1 heterocycles. The van der Waals surface area contributed by atoms with Crippen LogP contribution in [0.25, 0.3) is 10.9 Å². The molecule has 0 saturated carbocycles. The van der Waals surface area contributed by atoms with Crippen LogP contribution >= 0.6 is 0 Å². The number of nitrogen functional groups attached to an aromatic ring is 2. The quantitative estimate of drug-likeness (QED) is 0.578. The molecule has 20 heavy (non-hydrogen) atoms. The number of aromatic nitrogens is 1. The van der Waals surface area contributed by atoms with E-state index in [2.05, 4.69) is 4.98 Å². The van der Waals surface area contributed by atoms with Gasteiger partial charge in [0.1, 0.15) is 5.69 Å². The van der Waals surface area contributed by atoms with Crippen molar-refractivity contribution in [2.24, 2.45) is 0 Å². The third-order valence-electron chi connectivity index (χ3n) is 2.65. The topological polar surface area (TPSA) is 64.9 Å². The van der Waals surface area contributed by atoms with Crippen LogP contribution < -0.4 is 11.5 Å². The van der Waals surface area contributed by atoms with Crippen molar-refractivity contribution in [3.63, 3.8) is 0 Å². The molecule has 0 amide bonds. The molecule has 0 bridgehead atoms. The van der Waals surface area contributed by atoms with Crippen molar-refractivity contribution < 1.29 is 26.3 Å². The Morgan fingerprint density at radius 1 is 0.900 bits per heavy atom. The van der Waals surface area contributed by atoms with Crippen molar-refractivity contribution in [2.45, 2.75) is 12.4 Å². The number of fused-ring (bicyclic) bond motifs is 1. The molecule has 0 radical (unpaired) electrons. The molecule has 0 aliphatic heterocycles. The van der Waals surface area contributed by atoms with Crippen molar-refractivity contribution >= 4 is 22.3 Å². The molecule has 2 aromatic rings. The maximum atomic E-state index is 12.9. The normalized spacial score (nSPS) is 12.9. The van der Waals surface area contributed by atoms with Crippen LogP contribution in [0, 0.1) is 0 Å². The summed E-state index contributed by atoms with van der Waals surface area (Å²) in [5.41, 5.74) is 6.49. The Bertz CT molecular complexity index is 674. The third kappa shape index (κ3) is 2.30. The van der Waals surface area contributed by atoms with Gasteiger partial charge in [0.05, 0.1) is 22.5 Å². The summed E-state index contributed by atoms with van der Waals surface area (Å²) in [7, 11) is 0. The Morgan fingerprint density at radius 2 is 1.50 bits per heavy atom. The molecule has 0 atom stereocenters. The summed E-state index contributed by atoms with van der Waals surface area (Å²) in [6, 6.07) is 1.98. The van der Waals surface area contributed by atoms with Gasteiger partial charge in [-0.15, -0.1) is 0 Å². The summed E-state index contributed by atoms with van der Waals surface area (Å²) < 4.78 is 76.4. The lowest BCUT2D eigenvalue weighted by Gasteiger charge is -2.15. The second kappa shape index (κ2) is 4.15. The molecule has 2 rings (SSSR count). The van der Waals surface area contributed by atoms with Crippen LogP contribution in [0.4, 0.5) is 37.7 Å². The number of nitrogens with two attached hydrogens (primary N) is 2. The highest BCUT2D eigenvalue weighted by Crippen LogP contribution is 2.40. The molecular weight excluding hydrogens is 288 g/mol. The van der Waals surface area contributed by atoms with Crippen LogP contribution in [-0.4, -0.2) is 4.98 Å². The zero-order valence-corrected chi connectivity index (χ0v) is 9.60. The highest BCUT2D eigenvalue weighted by atomic mass is 19.4. The van der Waals surface area contributed by atoms with E-state index < -0.39 is 40.2 Å². The number of halogens is 6. The molecule has 108 valence electrons. The van der Waals surface area contributed by atoms with E-state index in [1.54, 1.807) is 0 Å². The third-order valence-corrected chi connectivity index (χ3v) is 2.65. The number of rotatable bonds is 0. The minimum absolute atomic E-state index is 0.0437. The molecule has 0 unspecified atom stereocenters. The molecule has 1 aromatic carbocycles. The van der Waals surface area contributed by atoms with E-state index in [0.717, 1.165) is 12.1 Å². The Labute approximate surface area is 108 Å². The molecule has 0 saturated heterocycles. The summed E-state index contributed by atoms with van der Waals surface area (Å²) in [6.07, 6.45) is -9.99. The average molecular weight is 295 g/mol. The van der Waals surface area contributed by atoms with Gasteiger partial charge < -0.3 is 11.5 Å². The van der Waals surface area contributed by atoms with E-state index >= 15 is 0 Å². The summed E-state index contributed by atoms with van der Waals surface area (Å²) in [5.74, 6) is 0. The first-order valence-corrected chi connectivity index (χ1v) is 5.15. The number of benzene rings is 1. The lowest BCUT2D eigenvalue weighted by Crippen LogP contribution is -2.14. The number of alkyl halides is 6. The van der Waals surface area contributed by atoms with E-state index in [4.69, 9.17) is 11.5 Å². The molecule has 4 N–H and O–H groups in total. The predicted octanol–water partition coefficient (Wildman–Crippen LogP) is 3.44. The number of anilines is 2. The van der Waals surface area contributed by atoms with E-state index in [-0.39, 0.29) is 11.8 Å². The Hall–Kier alpha value is -2.19. The number of pyridine rings is 1. The minimum atomic E-state index is -5.02. The second-order valence-electron chi connectivity index (χ2n) is 4.02. The Morgan fingerprint density at radius 3 is 2.00 bits per heavy atom. The van der Waals surface area contributed by atoms with Gasteiger partial charge in [-0.3, -0.25) is 0 Å². The maximum Gasteiger partial charge on any atom is 0.433 e. The molecule has 0 aliphatic rings. The highest BCUT2D eigenvalue weighted by molar-refractivity contribution is 5.97. The molecule has 0 spiro atoms. The number of hydrogen-bond donors (Lipinski definition) is 2. The van der Waals surface area contributed by atoms with Gasteiger partial charge in [0.25, 0.3) is 0 Å².